The second kappa shape index (κ2) is 5.66. The fourth-order valence-electron chi connectivity index (χ4n) is 2.23. The highest BCUT2D eigenvalue weighted by Gasteiger charge is 2.25. The second-order valence-electron chi connectivity index (χ2n) is 5.49. The van der Waals surface area contributed by atoms with Crippen LogP contribution in [0.4, 0.5) is 4.39 Å². The van der Waals surface area contributed by atoms with Gasteiger partial charge in [0.1, 0.15) is 5.82 Å². The Balaban J connectivity index is 2.34. The summed E-state index contributed by atoms with van der Waals surface area (Å²) in [5.74, 6) is -0.293. The van der Waals surface area contributed by atoms with Crippen molar-refractivity contribution in [3.8, 4) is 0 Å². The molecule has 0 aliphatic heterocycles. The maximum Gasteiger partial charge on any atom is 0.123 e. The summed E-state index contributed by atoms with van der Waals surface area (Å²) in [6.45, 7) is 5.82. The number of hydrogen-bond donors (Lipinski definition) is 1. The lowest BCUT2D eigenvalue weighted by molar-refractivity contribution is 0.0573. The molecule has 0 aliphatic carbocycles. The first kappa shape index (κ1) is 15.2. The van der Waals surface area contributed by atoms with E-state index in [1.165, 1.54) is 17.7 Å². The smallest absolute Gasteiger partial charge is 0.123 e. The number of halogens is 2. The second-order valence-corrected chi connectivity index (χ2v) is 6.34. The van der Waals surface area contributed by atoms with Gasteiger partial charge in [0.15, 0.2) is 0 Å². The molecule has 0 radical (unpaired) electrons. The first-order valence-corrected chi connectivity index (χ1v) is 7.33. The Kier molecular flexibility index (Phi) is 4.31. The van der Waals surface area contributed by atoms with E-state index in [2.05, 4.69) is 15.9 Å². The molecule has 0 aromatic heterocycles. The van der Waals surface area contributed by atoms with Gasteiger partial charge in [-0.25, -0.2) is 4.39 Å². The summed E-state index contributed by atoms with van der Waals surface area (Å²) in [5.41, 5.74) is 2.90. The number of hydrogen-bond acceptors (Lipinski definition) is 1. The van der Waals surface area contributed by atoms with Gasteiger partial charge in [0, 0.05) is 10.9 Å². The molecule has 0 heterocycles. The van der Waals surface area contributed by atoms with Crippen LogP contribution in [0.3, 0.4) is 0 Å². The molecule has 20 heavy (non-hydrogen) atoms. The van der Waals surface area contributed by atoms with Gasteiger partial charge in [0.05, 0.1) is 5.60 Å². The summed E-state index contributed by atoms with van der Waals surface area (Å²) in [5, 5.41) is 10.7. The molecule has 1 nitrogen and oxygen atoms in total. The molecule has 1 N–H and O–H groups in total. The standard InChI is InChI=1S/C17H18BrFO/c1-11-4-5-14(8-12(11)2)17(3,20)10-13-9-15(19)6-7-16(13)18/h4-9,20H,10H2,1-3H3. The predicted molar refractivity (Wildman–Crippen MR) is 83.3 cm³/mol. The molecule has 3 heteroatoms. The van der Waals surface area contributed by atoms with Crippen LogP contribution < -0.4 is 0 Å². The molecule has 1 atom stereocenters. The third kappa shape index (κ3) is 3.28. The predicted octanol–water partition coefficient (Wildman–Crippen LogP) is 4.66. The Morgan fingerprint density at radius 2 is 1.80 bits per heavy atom. The highest BCUT2D eigenvalue weighted by atomic mass is 79.9. The van der Waals surface area contributed by atoms with Crippen molar-refractivity contribution in [2.75, 3.05) is 0 Å². The minimum absolute atomic E-state index is 0.293. The zero-order valence-electron chi connectivity index (χ0n) is 11.9. The van der Waals surface area contributed by atoms with Crippen molar-refractivity contribution in [2.45, 2.75) is 32.8 Å². The van der Waals surface area contributed by atoms with E-state index in [0.717, 1.165) is 21.2 Å². The van der Waals surface area contributed by atoms with Crippen molar-refractivity contribution in [3.63, 3.8) is 0 Å². The lowest BCUT2D eigenvalue weighted by Gasteiger charge is -2.25. The van der Waals surface area contributed by atoms with Crippen molar-refractivity contribution in [1.29, 1.82) is 0 Å². The first-order chi connectivity index (χ1) is 9.29. The van der Waals surface area contributed by atoms with Crippen molar-refractivity contribution in [3.05, 3.63) is 68.9 Å². The Hall–Kier alpha value is -1.19. The molecule has 0 amide bonds. The molecule has 0 saturated heterocycles. The van der Waals surface area contributed by atoms with E-state index in [4.69, 9.17) is 0 Å². The highest BCUT2D eigenvalue weighted by molar-refractivity contribution is 9.10. The van der Waals surface area contributed by atoms with Crippen LogP contribution >= 0.6 is 15.9 Å². The van der Waals surface area contributed by atoms with Crippen LogP contribution in [0.25, 0.3) is 0 Å². The molecule has 2 aromatic rings. The molecule has 0 spiro atoms. The normalized spacial score (nSPS) is 14.1. The van der Waals surface area contributed by atoms with Crippen LogP contribution in [-0.4, -0.2) is 5.11 Å². The average molecular weight is 337 g/mol. The maximum atomic E-state index is 13.3. The zero-order chi connectivity index (χ0) is 14.9. The highest BCUT2D eigenvalue weighted by Crippen LogP contribution is 2.30. The van der Waals surface area contributed by atoms with E-state index in [-0.39, 0.29) is 5.82 Å². The number of benzene rings is 2. The Morgan fingerprint density at radius 1 is 1.10 bits per heavy atom. The molecule has 0 aliphatic rings. The van der Waals surface area contributed by atoms with Crippen LogP contribution in [0.5, 0.6) is 0 Å². The lowest BCUT2D eigenvalue weighted by Crippen LogP contribution is -2.24. The number of aliphatic hydroxyl groups is 1. The molecule has 2 rings (SSSR count). The quantitative estimate of drug-likeness (QED) is 0.864. The van der Waals surface area contributed by atoms with Gasteiger partial charge in [0.25, 0.3) is 0 Å². The van der Waals surface area contributed by atoms with Crippen molar-refractivity contribution in [1.82, 2.24) is 0 Å². The van der Waals surface area contributed by atoms with Crippen LogP contribution in [0.1, 0.15) is 29.2 Å². The summed E-state index contributed by atoms with van der Waals surface area (Å²) >= 11 is 3.40. The van der Waals surface area contributed by atoms with Crippen LogP contribution in [0.15, 0.2) is 40.9 Å². The van der Waals surface area contributed by atoms with Crippen LogP contribution in [-0.2, 0) is 12.0 Å². The van der Waals surface area contributed by atoms with Crippen LogP contribution in [0, 0.1) is 19.7 Å². The Morgan fingerprint density at radius 3 is 2.45 bits per heavy atom. The average Bonchev–Trinajstić information content (AvgIpc) is 2.36. The van der Waals surface area contributed by atoms with Gasteiger partial charge in [-0.2, -0.15) is 0 Å². The van der Waals surface area contributed by atoms with Crippen molar-refractivity contribution in [2.24, 2.45) is 0 Å². The van der Waals surface area contributed by atoms with Gasteiger partial charge in [-0.05, 0) is 61.2 Å². The largest absolute Gasteiger partial charge is 0.385 e. The molecule has 2 aromatic carbocycles. The summed E-state index contributed by atoms with van der Waals surface area (Å²) in [6, 6.07) is 10.4. The van der Waals surface area contributed by atoms with E-state index in [0.29, 0.717) is 6.42 Å². The third-order valence-electron chi connectivity index (χ3n) is 3.67. The zero-order valence-corrected chi connectivity index (χ0v) is 13.5. The van der Waals surface area contributed by atoms with E-state index >= 15 is 0 Å². The fraction of sp³-hybridized carbons (Fsp3) is 0.294. The summed E-state index contributed by atoms with van der Waals surface area (Å²) < 4.78 is 14.1. The monoisotopic (exact) mass is 336 g/mol. The number of rotatable bonds is 3. The van der Waals surface area contributed by atoms with Gasteiger partial charge in [-0.15, -0.1) is 0 Å². The molecule has 0 saturated carbocycles. The van der Waals surface area contributed by atoms with E-state index in [1.54, 1.807) is 13.0 Å². The molecule has 1 unspecified atom stereocenters. The van der Waals surface area contributed by atoms with Gasteiger partial charge in [-0.1, -0.05) is 34.1 Å². The molecule has 0 fully saturated rings. The summed E-state index contributed by atoms with van der Waals surface area (Å²) in [4.78, 5) is 0. The summed E-state index contributed by atoms with van der Waals surface area (Å²) in [7, 11) is 0. The van der Waals surface area contributed by atoms with Gasteiger partial charge in [-0.3, -0.25) is 0 Å². The van der Waals surface area contributed by atoms with Gasteiger partial charge in [0.2, 0.25) is 0 Å². The maximum absolute atomic E-state index is 13.3. The van der Waals surface area contributed by atoms with Crippen molar-refractivity contribution >= 4 is 15.9 Å². The number of aryl methyl sites for hydroxylation is 2. The SMILES string of the molecule is Cc1ccc(C(C)(O)Cc2cc(F)ccc2Br)cc1C. The molecule has 106 valence electrons. The first-order valence-electron chi connectivity index (χ1n) is 6.53. The molecular formula is C17H18BrFO. The minimum atomic E-state index is -1.03. The Labute approximate surface area is 127 Å². The summed E-state index contributed by atoms with van der Waals surface area (Å²) in [6.07, 6.45) is 0.355. The van der Waals surface area contributed by atoms with Gasteiger partial charge >= 0.3 is 0 Å². The van der Waals surface area contributed by atoms with E-state index in [9.17, 15) is 9.50 Å². The molecular weight excluding hydrogens is 319 g/mol. The van der Waals surface area contributed by atoms with E-state index < -0.39 is 5.60 Å². The topological polar surface area (TPSA) is 20.2 Å². The van der Waals surface area contributed by atoms with Gasteiger partial charge < -0.3 is 5.11 Å². The van der Waals surface area contributed by atoms with E-state index in [1.807, 2.05) is 32.0 Å². The minimum Gasteiger partial charge on any atom is -0.385 e. The lowest BCUT2D eigenvalue weighted by atomic mass is 9.87. The fourth-order valence-corrected chi connectivity index (χ4v) is 2.61. The third-order valence-corrected chi connectivity index (χ3v) is 4.44. The molecule has 0 bridgehead atoms. The van der Waals surface area contributed by atoms with Crippen LogP contribution in [0.2, 0.25) is 0 Å². The Bertz CT molecular complexity index is 635. The van der Waals surface area contributed by atoms with Crippen molar-refractivity contribution < 1.29 is 9.50 Å².